The first kappa shape index (κ1) is 16.0. The number of rotatable bonds is 6. The van der Waals surface area contributed by atoms with Gasteiger partial charge in [-0.05, 0) is 24.6 Å². The summed E-state index contributed by atoms with van der Waals surface area (Å²) >= 11 is 0. The number of hydrogen-bond donors (Lipinski definition) is 3. The van der Waals surface area contributed by atoms with Gasteiger partial charge < -0.3 is 16.0 Å². The summed E-state index contributed by atoms with van der Waals surface area (Å²) in [6.45, 7) is 1.59. The molecule has 20 heavy (non-hydrogen) atoms. The van der Waals surface area contributed by atoms with Crippen molar-refractivity contribution in [2.75, 3.05) is 20.1 Å². The number of benzene rings is 1. The molecule has 0 radical (unpaired) electrons. The van der Waals surface area contributed by atoms with Crippen LogP contribution in [-0.4, -0.2) is 32.0 Å². The van der Waals surface area contributed by atoms with Crippen molar-refractivity contribution < 1.29 is 18.4 Å². The molecule has 0 bridgehead atoms. The van der Waals surface area contributed by atoms with Gasteiger partial charge in [-0.2, -0.15) is 0 Å². The minimum absolute atomic E-state index is 0.0306. The van der Waals surface area contributed by atoms with E-state index in [0.717, 1.165) is 12.1 Å². The average molecular weight is 285 g/mol. The Hall–Kier alpha value is -2.02. The summed E-state index contributed by atoms with van der Waals surface area (Å²) in [5.41, 5.74) is 0.531. The molecule has 0 aliphatic heterocycles. The van der Waals surface area contributed by atoms with E-state index >= 15 is 0 Å². The van der Waals surface area contributed by atoms with Gasteiger partial charge in [0.15, 0.2) is 11.6 Å². The summed E-state index contributed by atoms with van der Waals surface area (Å²) in [6.07, 6.45) is 0. The van der Waals surface area contributed by atoms with E-state index in [1.165, 1.54) is 13.1 Å². The van der Waals surface area contributed by atoms with Crippen molar-refractivity contribution in [1.82, 2.24) is 16.0 Å². The number of halogens is 2. The van der Waals surface area contributed by atoms with Crippen LogP contribution in [0, 0.1) is 11.6 Å². The van der Waals surface area contributed by atoms with Crippen LogP contribution in [0.4, 0.5) is 8.78 Å². The molecule has 0 heterocycles. The fourth-order valence-corrected chi connectivity index (χ4v) is 1.48. The first-order valence-corrected chi connectivity index (χ1v) is 6.09. The summed E-state index contributed by atoms with van der Waals surface area (Å²) < 4.78 is 25.8. The Morgan fingerprint density at radius 2 is 1.85 bits per heavy atom. The van der Waals surface area contributed by atoms with Crippen molar-refractivity contribution in [1.29, 1.82) is 0 Å². The van der Waals surface area contributed by atoms with E-state index in [1.54, 1.807) is 6.92 Å². The molecule has 0 aliphatic carbocycles. The number of carbonyl (C=O) groups is 2. The van der Waals surface area contributed by atoms with Crippen LogP contribution in [0.5, 0.6) is 0 Å². The minimum atomic E-state index is -0.930. The SMILES string of the molecule is CNC(=O)CNC(=O)CN[C@@H](C)c1ccc(F)c(F)c1. The summed E-state index contributed by atoms with van der Waals surface area (Å²) in [7, 11) is 1.47. The molecule has 0 saturated heterocycles. The number of hydrogen-bond acceptors (Lipinski definition) is 3. The molecule has 1 atom stereocenters. The molecular weight excluding hydrogens is 268 g/mol. The molecule has 0 fully saturated rings. The second-order valence-corrected chi connectivity index (χ2v) is 4.23. The third-order valence-corrected chi connectivity index (χ3v) is 2.74. The van der Waals surface area contributed by atoms with Crippen molar-refractivity contribution in [3.63, 3.8) is 0 Å². The molecule has 0 aliphatic rings. The van der Waals surface area contributed by atoms with Crippen LogP contribution in [0.1, 0.15) is 18.5 Å². The lowest BCUT2D eigenvalue weighted by atomic mass is 10.1. The van der Waals surface area contributed by atoms with Gasteiger partial charge in [0.2, 0.25) is 11.8 Å². The molecule has 0 unspecified atom stereocenters. The van der Waals surface area contributed by atoms with Crippen molar-refractivity contribution in [2.45, 2.75) is 13.0 Å². The zero-order chi connectivity index (χ0) is 15.1. The molecule has 110 valence electrons. The standard InChI is InChI=1S/C13H17F2N3O2/c1-8(9-3-4-10(14)11(15)5-9)17-7-13(20)18-6-12(19)16-2/h3-5,8,17H,6-7H2,1-2H3,(H,16,19)(H,18,20)/t8-/m0/s1. The molecule has 7 heteroatoms. The quantitative estimate of drug-likeness (QED) is 0.712. The Labute approximate surface area is 115 Å². The minimum Gasteiger partial charge on any atom is -0.358 e. The van der Waals surface area contributed by atoms with Crippen LogP contribution in [0.25, 0.3) is 0 Å². The monoisotopic (exact) mass is 285 g/mol. The maximum Gasteiger partial charge on any atom is 0.239 e. The van der Waals surface area contributed by atoms with Gasteiger partial charge in [0.05, 0.1) is 13.1 Å². The number of nitrogens with one attached hydrogen (secondary N) is 3. The Bertz CT molecular complexity index is 495. The van der Waals surface area contributed by atoms with Gasteiger partial charge in [0.1, 0.15) is 0 Å². The van der Waals surface area contributed by atoms with Crippen LogP contribution in [0.15, 0.2) is 18.2 Å². The molecule has 0 spiro atoms. The highest BCUT2D eigenvalue weighted by atomic mass is 19.2. The van der Waals surface area contributed by atoms with E-state index in [1.807, 2.05) is 0 Å². The lowest BCUT2D eigenvalue weighted by Gasteiger charge is -2.14. The fraction of sp³-hybridized carbons (Fsp3) is 0.385. The summed E-state index contributed by atoms with van der Waals surface area (Å²) in [5.74, 6) is -2.50. The van der Waals surface area contributed by atoms with Crippen LogP contribution < -0.4 is 16.0 Å². The third-order valence-electron chi connectivity index (χ3n) is 2.74. The van der Waals surface area contributed by atoms with Gasteiger partial charge in [0.25, 0.3) is 0 Å². The second-order valence-electron chi connectivity index (χ2n) is 4.23. The van der Waals surface area contributed by atoms with E-state index in [9.17, 15) is 18.4 Å². The van der Waals surface area contributed by atoms with Gasteiger partial charge in [-0.1, -0.05) is 6.07 Å². The zero-order valence-corrected chi connectivity index (χ0v) is 11.3. The maximum atomic E-state index is 13.1. The van der Waals surface area contributed by atoms with E-state index in [0.29, 0.717) is 5.56 Å². The highest BCUT2D eigenvalue weighted by Crippen LogP contribution is 2.15. The molecule has 1 aromatic rings. The summed E-state index contributed by atoms with van der Waals surface area (Å²) in [4.78, 5) is 22.4. The molecular formula is C13H17F2N3O2. The number of amides is 2. The van der Waals surface area contributed by atoms with Gasteiger partial charge in [-0.15, -0.1) is 0 Å². The predicted octanol–water partition coefficient (Wildman–Crippen LogP) is 0.478. The molecule has 2 amide bonds. The van der Waals surface area contributed by atoms with E-state index < -0.39 is 11.6 Å². The van der Waals surface area contributed by atoms with Crippen molar-refractivity contribution >= 4 is 11.8 Å². The fourth-order valence-electron chi connectivity index (χ4n) is 1.48. The second kappa shape index (κ2) is 7.54. The van der Waals surface area contributed by atoms with Gasteiger partial charge in [-0.25, -0.2) is 8.78 Å². The molecule has 3 N–H and O–H groups in total. The van der Waals surface area contributed by atoms with Crippen LogP contribution >= 0.6 is 0 Å². The molecule has 0 aromatic heterocycles. The first-order valence-electron chi connectivity index (χ1n) is 6.09. The summed E-state index contributed by atoms with van der Waals surface area (Å²) in [6, 6.07) is 3.23. The average Bonchev–Trinajstić information content (AvgIpc) is 2.44. The highest BCUT2D eigenvalue weighted by molar-refractivity contribution is 5.85. The lowest BCUT2D eigenvalue weighted by Crippen LogP contribution is -2.40. The zero-order valence-electron chi connectivity index (χ0n) is 11.3. The Balaban J connectivity index is 2.42. The highest BCUT2D eigenvalue weighted by Gasteiger charge is 2.11. The molecule has 0 saturated carbocycles. The third kappa shape index (κ3) is 4.93. The van der Waals surface area contributed by atoms with Crippen molar-refractivity contribution in [3.8, 4) is 0 Å². The van der Waals surface area contributed by atoms with Crippen molar-refractivity contribution in [3.05, 3.63) is 35.4 Å². The Morgan fingerprint density at radius 3 is 2.45 bits per heavy atom. The van der Waals surface area contributed by atoms with E-state index in [4.69, 9.17) is 0 Å². The smallest absolute Gasteiger partial charge is 0.239 e. The lowest BCUT2D eigenvalue weighted by molar-refractivity contribution is -0.125. The number of likely N-dealkylation sites (N-methyl/N-ethyl adjacent to an activating group) is 1. The van der Waals surface area contributed by atoms with Gasteiger partial charge in [-0.3, -0.25) is 9.59 Å². The largest absolute Gasteiger partial charge is 0.358 e. The van der Waals surface area contributed by atoms with E-state index in [-0.39, 0.29) is 30.9 Å². The normalized spacial score (nSPS) is 11.8. The van der Waals surface area contributed by atoms with Gasteiger partial charge >= 0.3 is 0 Å². The Kier molecular flexibility index (Phi) is 6.05. The first-order chi connectivity index (χ1) is 9.43. The van der Waals surface area contributed by atoms with Crippen LogP contribution in [0.2, 0.25) is 0 Å². The Morgan fingerprint density at radius 1 is 1.15 bits per heavy atom. The number of carbonyl (C=O) groups excluding carboxylic acids is 2. The maximum absolute atomic E-state index is 13.1. The van der Waals surface area contributed by atoms with Crippen molar-refractivity contribution in [2.24, 2.45) is 0 Å². The summed E-state index contributed by atoms with van der Waals surface area (Å²) in [5, 5.41) is 7.64. The molecule has 5 nitrogen and oxygen atoms in total. The van der Waals surface area contributed by atoms with Gasteiger partial charge in [0, 0.05) is 13.1 Å². The molecule has 1 aromatic carbocycles. The molecule has 1 rings (SSSR count). The van der Waals surface area contributed by atoms with Crippen LogP contribution in [0.3, 0.4) is 0 Å². The van der Waals surface area contributed by atoms with Crippen LogP contribution in [-0.2, 0) is 9.59 Å². The predicted molar refractivity (Wildman–Crippen MR) is 69.9 cm³/mol. The topological polar surface area (TPSA) is 70.2 Å². The van der Waals surface area contributed by atoms with E-state index in [2.05, 4.69) is 16.0 Å².